The molecule has 1 heterocycles. The minimum Gasteiger partial charge on any atom is -0.451 e. The molecule has 1 aliphatic heterocycles. The van der Waals surface area contributed by atoms with E-state index in [4.69, 9.17) is 21.1 Å². The van der Waals surface area contributed by atoms with E-state index in [0.717, 1.165) is 0 Å². The molecule has 1 aliphatic carbocycles. The minimum atomic E-state index is -0.399. The van der Waals surface area contributed by atoms with Crippen LogP contribution in [0.3, 0.4) is 0 Å². The first-order valence-electron chi connectivity index (χ1n) is 6.19. The molecule has 2 aliphatic rings. The Kier molecular flexibility index (Phi) is 2.78. The smallest absolute Gasteiger partial charge is 0.238 e. The molecular weight excluding hydrogens is 268 g/mol. The van der Waals surface area contributed by atoms with Gasteiger partial charge in [-0.2, -0.15) is 0 Å². The van der Waals surface area contributed by atoms with Crippen molar-refractivity contribution in [3.63, 3.8) is 0 Å². The van der Waals surface area contributed by atoms with Gasteiger partial charge in [-0.15, -0.1) is 0 Å². The van der Waals surface area contributed by atoms with Crippen molar-refractivity contribution < 1.29 is 19.1 Å². The highest BCUT2D eigenvalue weighted by Crippen LogP contribution is 2.45. The van der Waals surface area contributed by atoms with E-state index < -0.39 is 6.29 Å². The number of halogens is 1. The molecule has 4 nitrogen and oxygen atoms in total. The lowest BCUT2D eigenvalue weighted by atomic mass is 10.0. The Morgan fingerprint density at radius 1 is 1.26 bits per heavy atom. The zero-order valence-electron chi connectivity index (χ0n) is 10.6. The molecular formula is C14H13ClO4. The highest BCUT2D eigenvalue weighted by Gasteiger charge is 2.46. The molecule has 0 bridgehead atoms. The van der Waals surface area contributed by atoms with E-state index in [1.807, 2.05) is 0 Å². The van der Waals surface area contributed by atoms with Gasteiger partial charge in [0.2, 0.25) is 6.29 Å². The Hall–Kier alpha value is -1.55. The molecule has 1 unspecified atom stereocenters. The summed E-state index contributed by atoms with van der Waals surface area (Å²) in [5.74, 6) is 0.654. The number of fused-ring (bicyclic) bond motifs is 1. The first-order valence-corrected chi connectivity index (χ1v) is 6.56. The fourth-order valence-electron chi connectivity index (χ4n) is 2.43. The minimum absolute atomic E-state index is 0.0481. The molecule has 3 atom stereocenters. The summed E-state index contributed by atoms with van der Waals surface area (Å²) >= 11 is 6.08. The van der Waals surface area contributed by atoms with Crippen molar-refractivity contribution in [3.8, 4) is 11.5 Å². The third-order valence-corrected chi connectivity index (χ3v) is 3.80. The molecule has 1 fully saturated rings. The summed E-state index contributed by atoms with van der Waals surface area (Å²) in [4.78, 5) is 23.5. The van der Waals surface area contributed by atoms with Crippen LogP contribution >= 0.6 is 11.6 Å². The summed E-state index contributed by atoms with van der Waals surface area (Å²) in [7, 11) is 0. The van der Waals surface area contributed by atoms with Gasteiger partial charge in [0, 0.05) is 24.3 Å². The molecule has 5 heteroatoms. The molecule has 0 radical (unpaired) electrons. The van der Waals surface area contributed by atoms with Gasteiger partial charge in [0.05, 0.1) is 5.02 Å². The number of carbonyl (C=O) groups excluding carboxylic acids is 2. The summed E-state index contributed by atoms with van der Waals surface area (Å²) in [5.41, 5.74) is 0.482. The van der Waals surface area contributed by atoms with Gasteiger partial charge in [-0.05, 0) is 25.5 Å². The third kappa shape index (κ3) is 2.10. The van der Waals surface area contributed by atoms with Gasteiger partial charge in [-0.25, -0.2) is 0 Å². The van der Waals surface area contributed by atoms with Gasteiger partial charge < -0.3 is 9.47 Å². The second kappa shape index (κ2) is 4.23. The van der Waals surface area contributed by atoms with Crippen molar-refractivity contribution in [1.29, 1.82) is 0 Å². The molecule has 1 aromatic carbocycles. The van der Waals surface area contributed by atoms with Crippen molar-refractivity contribution in [1.82, 2.24) is 0 Å². The van der Waals surface area contributed by atoms with Crippen molar-refractivity contribution in [2.45, 2.75) is 26.6 Å². The van der Waals surface area contributed by atoms with E-state index >= 15 is 0 Å². The first-order chi connectivity index (χ1) is 8.97. The van der Waals surface area contributed by atoms with Crippen LogP contribution in [0.25, 0.3) is 0 Å². The first kappa shape index (κ1) is 12.5. The van der Waals surface area contributed by atoms with Gasteiger partial charge in [0.1, 0.15) is 5.78 Å². The van der Waals surface area contributed by atoms with Gasteiger partial charge in [0.15, 0.2) is 17.3 Å². The molecule has 1 aromatic rings. The monoisotopic (exact) mass is 280 g/mol. The van der Waals surface area contributed by atoms with Crippen LogP contribution in [0, 0.1) is 11.8 Å². The molecule has 19 heavy (non-hydrogen) atoms. The lowest BCUT2D eigenvalue weighted by Gasteiger charge is -2.03. The van der Waals surface area contributed by atoms with E-state index in [2.05, 4.69) is 0 Å². The summed E-state index contributed by atoms with van der Waals surface area (Å²) in [5, 5.41) is 0.366. The normalized spacial score (nSPS) is 27.2. The number of hydrogen-bond acceptors (Lipinski definition) is 4. The lowest BCUT2D eigenvalue weighted by molar-refractivity contribution is -0.118. The molecule has 0 amide bonds. The van der Waals surface area contributed by atoms with Gasteiger partial charge in [-0.3, -0.25) is 9.59 Å². The fourth-order valence-corrected chi connectivity index (χ4v) is 2.68. The Morgan fingerprint density at radius 3 is 2.63 bits per heavy atom. The van der Waals surface area contributed by atoms with E-state index in [1.54, 1.807) is 19.1 Å². The number of ether oxygens (including phenoxy) is 2. The summed E-state index contributed by atoms with van der Waals surface area (Å²) < 4.78 is 10.8. The number of rotatable bonds is 3. The highest BCUT2D eigenvalue weighted by atomic mass is 35.5. The average molecular weight is 281 g/mol. The second-order valence-corrected chi connectivity index (χ2v) is 5.42. The fraction of sp³-hybridized carbons (Fsp3) is 0.429. The topological polar surface area (TPSA) is 52.6 Å². The molecule has 0 N–H and O–H groups in total. The predicted molar refractivity (Wildman–Crippen MR) is 68.8 cm³/mol. The number of carbonyl (C=O) groups is 2. The maximum atomic E-state index is 12.2. The van der Waals surface area contributed by atoms with Crippen LogP contribution in [-0.2, 0) is 4.79 Å². The van der Waals surface area contributed by atoms with Crippen LogP contribution in [0.1, 0.15) is 30.6 Å². The molecule has 0 spiro atoms. The maximum Gasteiger partial charge on any atom is 0.238 e. The average Bonchev–Trinajstić information content (AvgIpc) is 3.05. The Labute approximate surface area is 115 Å². The van der Waals surface area contributed by atoms with Crippen molar-refractivity contribution in [2.24, 2.45) is 11.8 Å². The standard InChI is InChI=1S/C14H13ClO4/c1-6(16)9-5-10(9)13(17)8-3-11(15)14-12(4-8)18-7(2)19-14/h3-4,7,9-10H,5H2,1-2H3/t7?,9-,10+/m1/s1. The van der Waals surface area contributed by atoms with Gasteiger partial charge in [-0.1, -0.05) is 11.6 Å². The quantitative estimate of drug-likeness (QED) is 0.799. The van der Waals surface area contributed by atoms with Gasteiger partial charge >= 0.3 is 0 Å². The van der Waals surface area contributed by atoms with Crippen LogP contribution in [0.4, 0.5) is 0 Å². The molecule has 0 aromatic heterocycles. The van der Waals surface area contributed by atoms with Gasteiger partial charge in [0.25, 0.3) is 0 Å². The number of benzene rings is 1. The van der Waals surface area contributed by atoms with Crippen LogP contribution in [0.5, 0.6) is 11.5 Å². The zero-order chi connectivity index (χ0) is 13.7. The van der Waals surface area contributed by atoms with E-state index in [0.29, 0.717) is 28.5 Å². The SMILES string of the molecule is CC(=O)[C@H]1C[C@@H]1C(=O)c1cc(Cl)c2c(c1)OC(C)O2. The van der Waals surface area contributed by atoms with Crippen molar-refractivity contribution in [2.75, 3.05) is 0 Å². The number of hydrogen-bond donors (Lipinski definition) is 0. The van der Waals surface area contributed by atoms with Crippen LogP contribution in [0.15, 0.2) is 12.1 Å². The van der Waals surface area contributed by atoms with Crippen molar-refractivity contribution in [3.05, 3.63) is 22.7 Å². The van der Waals surface area contributed by atoms with Crippen LogP contribution in [-0.4, -0.2) is 17.9 Å². The largest absolute Gasteiger partial charge is 0.451 e. The van der Waals surface area contributed by atoms with E-state index in [-0.39, 0.29) is 23.4 Å². The Bertz CT molecular complexity index is 581. The van der Waals surface area contributed by atoms with Crippen LogP contribution in [0.2, 0.25) is 5.02 Å². The molecule has 1 saturated carbocycles. The lowest BCUT2D eigenvalue weighted by Crippen LogP contribution is -2.11. The molecule has 0 saturated heterocycles. The number of Topliss-reactive ketones (excluding diaryl/α,β-unsaturated/α-hetero) is 2. The Morgan fingerprint density at radius 2 is 2.00 bits per heavy atom. The molecule has 100 valence electrons. The second-order valence-electron chi connectivity index (χ2n) is 5.01. The zero-order valence-corrected chi connectivity index (χ0v) is 11.4. The number of ketones is 2. The van der Waals surface area contributed by atoms with Crippen LogP contribution < -0.4 is 9.47 Å². The van der Waals surface area contributed by atoms with E-state index in [9.17, 15) is 9.59 Å². The highest BCUT2D eigenvalue weighted by molar-refractivity contribution is 6.32. The summed E-state index contributed by atoms with van der Waals surface area (Å²) in [6, 6.07) is 3.22. The summed E-state index contributed by atoms with van der Waals surface area (Å²) in [6.07, 6.45) is 0.236. The molecule has 3 rings (SSSR count). The Balaban J connectivity index is 1.87. The van der Waals surface area contributed by atoms with Crippen molar-refractivity contribution >= 4 is 23.2 Å². The predicted octanol–water partition coefficient (Wildman–Crippen LogP) is 2.87. The third-order valence-electron chi connectivity index (χ3n) is 3.52. The maximum absolute atomic E-state index is 12.2. The van der Waals surface area contributed by atoms with E-state index in [1.165, 1.54) is 6.92 Å². The summed E-state index contributed by atoms with van der Waals surface area (Å²) in [6.45, 7) is 3.27.